The van der Waals surface area contributed by atoms with Crippen molar-refractivity contribution in [3.8, 4) is 5.75 Å². The molecular formula is C27H42FN7O. The molecule has 198 valence electrons. The van der Waals surface area contributed by atoms with Crippen LogP contribution in [-0.4, -0.2) is 65.2 Å². The topological polar surface area (TPSA) is 78.4 Å². The fourth-order valence-corrected chi connectivity index (χ4v) is 5.51. The molecule has 1 saturated heterocycles. The first-order valence-corrected chi connectivity index (χ1v) is 13.7. The van der Waals surface area contributed by atoms with Gasteiger partial charge in [-0.15, -0.1) is 0 Å². The number of hydrogen-bond donors (Lipinski definition) is 2. The molecule has 0 spiro atoms. The van der Waals surface area contributed by atoms with Gasteiger partial charge >= 0.3 is 0 Å². The van der Waals surface area contributed by atoms with Crippen LogP contribution < -0.4 is 20.3 Å². The first kappa shape index (κ1) is 26.4. The van der Waals surface area contributed by atoms with E-state index in [9.17, 15) is 4.39 Å². The number of halogens is 1. The maximum Gasteiger partial charge on any atom is 0.233 e. The van der Waals surface area contributed by atoms with E-state index in [0.29, 0.717) is 35.6 Å². The molecular weight excluding hydrogens is 457 g/mol. The average molecular weight is 500 g/mol. The molecule has 0 amide bonds. The van der Waals surface area contributed by atoms with Gasteiger partial charge < -0.3 is 20.3 Å². The Kier molecular flexibility index (Phi) is 9.55. The molecule has 36 heavy (non-hydrogen) atoms. The van der Waals surface area contributed by atoms with Gasteiger partial charge in [0.15, 0.2) is 11.6 Å². The molecule has 1 atom stereocenters. The van der Waals surface area contributed by atoms with Crippen LogP contribution in [0.2, 0.25) is 0 Å². The van der Waals surface area contributed by atoms with E-state index in [-0.39, 0.29) is 5.75 Å². The number of benzene rings is 1. The summed E-state index contributed by atoms with van der Waals surface area (Å²) < 4.78 is 19.4. The highest BCUT2D eigenvalue weighted by molar-refractivity contribution is 5.57. The van der Waals surface area contributed by atoms with Crippen molar-refractivity contribution in [2.75, 3.05) is 48.8 Å². The zero-order valence-corrected chi connectivity index (χ0v) is 22.1. The molecule has 2 heterocycles. The zero-order valence-electron chi connectivity index (χ0n) is 22.1. The van der Waals surface area contributed by atoms with Crippen molar-refractivity contribution < 1.29 is 9.13 Å². The fourth-order valence-electron chi connectivity index (χ4n) is 5.51. The number of hydrogen-bond acceptors (Lipinski definition) is 8. The number of nitrogens with zero attached hydrogens (tertiary/aromatic N) is 5. The summed E-state index contributed by atoms with van der Waals surface area (Å²) >= 11 is 0. The summed E-state index contributed by atoms with van der Waals surface area (Å²) in [6.07, 6.45) is 10.8. The molecule has 1 aliphatic heterocycles. The smallest absolute Gasteiger partial charge is 0.233 e. The number of nitrogens with one attached hydrogen (secondary N) is 2. The number of methoxy groups -OCH3 is 1. The highest BCUT2D eigenvalue weighted by atomic mass is 19.1. The van der Waals surface area contributed by atoms with E-state index in [1.54, 1.807) is 12.1 Å². The molecule has 8 nitrogen and oxygen atoms in total. The number of rotatable bonds is 11. The van der Waals surface area contributed by atoms with E-state index in [4.69, 9.17) is 14.7 Å². The van der Waals surface area contributed by atoms with Crippen LogP contribution in [0.1, 0.15) is 71.6 Å². The van der Waals surface area contributed by atoms with Gasteiger partial charge in [-0.05, 0) is 57.3 Å². The lowest BCUT2D eigenvalue weighted by molar-refractivity contribution is 0.277. The summed E-state index contributed by atoms with van der Waals surface area (Å²) in [6.45, 7) is 8.30. The predicted molar refractivity (Wildman–Crippen MR) is 144 cm³/mol. The third kappa shape index (κ3) is 6.75. The summed E-state index contributed by atoms with van der Waals surface area (Å²) in [4.78, 5) is 19.3. The van der Waals surface area contributed by atoms with Gasteiger partial charge in [-0.2, -0.15) is 15.0 Å². The van der Waals surface area contributed by atoms with Gasteiger partial charge in [-0.3, -0.25) is 4.90 Å². The average Bonchev–Trinajstić information content (AvgIpc) is 3.18. The second-order valence-corrected chi connectivity index (χ2v) is 9.90. The molecule has 0 radical (unpaired) electrons. The monoisotopic (exact) mass is 499 g/mol. The van der Waals surface area contributed by atoms with Crippen molar-refractivity contribution in [1.82, 2.24) is 19.9 Å². The van der Waals surface area contributed by atoms with E-state index in [1.165, 1.54) is 51.7 Å². The van der Waals surface area contributed by atoms with Gasteiger partial charge in [0.25, 0.3) is 0 Å². The van der Waals surface area contributed by atoms with Crippen molar-refractivity contribution in [2.45, 2.75) is 83.7 Å². The second-order valence-electron chi connectivity index (χ2n) is 9.90. The van der Waals surface area contributed by atoms with Crippen LogP contribution in [0.5, 0.6) is 5.75 Å². The Morgan fingerprint density at radius 2 is 1.81 bits per heavy atom. The van der Waals surface area contributed by atoms with Gasteiger partial charge in [0.2, 0.25) is 17.8 Å². The van der Waals surface area contributed by atoms with Gasteiger partial charge in [-0.25, -0.2) is 4.39 Å². The third-order valence-electron chi connectivity index (χ3n) is 7.42. The number of ether oxygens (including phenoxy) is 1. The van der Waals surface area contributed by atoms with Crippen LogP contribution in [0.3, 0.4) is 0 Å². The molecule has 0 bridgehead atoms. The summed E-state index contributed by atoms with van der Waals surface area (Å²) in [5, 5.41) is 6.70. The first-order valence-electron chi connectivity index (χ1n) is 13.7. The number of anilines is 4. The molecule has 1 aromatic carbocycles. The molecule has 4 rings (SSSR count). The Hall–Kier alpha value is -2.68. The normalized spacial score (nSPS) is 19.2. The maximum atomic E-state index is 14.3. The molecule has 2 fully saturated rings. The lowest BCUT2D eigenvalue weighted by Gasteiger charge is -2.31. The number of likely N-dealkylation sites (tertiary alicyclic amines) is 1. The first-order chi connectivity index (χ1) is 17.6. The summed E-state index contributed by atoms with van der Waals surface area (Å²) in [7, 11) is 1.46. The van der Waals surface area contributed by atoms with Crippen LogP contribution in [0.25, 0.3) is 0 Å². The van der Waals surface area contributed by atoms with Crippen LogP contribution in [0.15, 0.2) is 18.2 Å². The standard InChI is InChI=1S/C27H42FN7O/c1-4-16-35(21-11-8-6-7-9-12-21)27-32-25(29-19-22-13-10-17-34(22)5-2)31-26(33-27)30-20-14-15-24(36-3)23(28)18-20/h14-15,18,21-22H,4-13,16-17,19H2,1-3H3,(H2,29,30,31,32,33). The van der Waals surface area contributed by atoms with E-state index < -0.39 is 5.82 Å². The fraction of sp³-hybridized carbons (Fsp3) is 0.667. The summed E-state index contributed by atoms with van der Waals surface area (Å²) in [5.74, 6) is 1.45. The maximum absolute atomic E-state index is 14.3. The minimum absolute atomic E-state index is 0.207. The van der Waals surface area contributed by atoms with Gasteiger partial charge in [0.05, 0.1) is 7.11 Å². The molecule has 2 aromatic rings. The van der Waals surface area contributed by atoms with Crippen molar-refractivity contribution in [3.05, 3.63) is 24.0 Å². The zero-order chi connectivity index (χ0) is 25.3. The van der Waals surface area contributed by atoms with Crippen molar-refractivity contribution in [1.29, 1.82) is 0 Å². The molecule has 9 heteroatoms. The van der Waals surface area contributed by atoms with E-state index in [0.717, 1.165) is 45.4 Å². The van der Waals surface area contributed by atoms with E-state index in [1.807, 2.05) is 0 Å². The van der Waals surface area contributed by atoms with Gasteiger partial charge in [0.1, 0.15) is 0 Å². The Morgan fingerprint density at radius 1 is 1.03 bits per heavy atom. The SMILES string of the molecule is CCCN(c1nc(NCC2CCCN2CC)nc(Nc2ccc(OC)c(F)c2)n1)C1CCCCCC1. The van der Waals surface area contributed by atoms with Crippen LogP contribution in [0, 0.1) is 5.82 Å². The molecule has 1 unspecified atom stereocenters. The minimum Gasteiger partial charge on any atom is -0.494 e. The van der Waals surface area contributed by atoms with Crippen LogP contribution in [-0.2, 0) is 0 Å². The van der Waals surface area contributed by atoms with E-state index in [2.05, 4.69) is 39.3 Å². The van der Waals surface area contributed by atoms with E-state index >= 15 is 0 Å². The molecule has 2 N–H and O–H groups in total. The van der Waals surface area contributed by atoms with Crippen LogP contribution in [0.4, 0.5) is 27.9 Å². The molecule has 2 aliphatic rings. The highest BCUT2D eigenvalue weighted by Gasteiger charge is 2.25. The van der Waals surface area contributed by atoms with Crippen molar-refractivity contribution in [2.24, 2.45) is 0 Å². The quantitative estimate of drug-likeness (QED) is 0.387. The summed E-state index contributed by atoms with van der Waals surface area (Å²) in [5.41, 5.74) is 0.570. The second kappa shape index (κ2) is 13.0. The third-order valence-corrected chi connectivity index (χ3v) is 7.42. The van der Waals surface area contributed by atoms with Crippen LogP contribution >= 0.6 is 0 Å². The largest absolute Gasteiger partial charge is 0.494 e. The summed E-state index contributed by atoms with van der Waals surface area (Å²) in [6, 6.07) is 5.69. The molecule has 1 aromatic heterocycles. The van der Waals surface area contributed by atoms with Crippen molar-refractivity contribution >= 4 is 23.5 Å². The molecule has 1 aliphatic carbocycles. The lowest BCUT2D eigenvalue weighted by atomic mass is 10.1. The Bertz CT molecular complexity index is 967. The van der Waals surface area contributed by atoms with Gasteiger partial charge in [-0.1, -0.05) is 39.5 Å². The highest BCUT2D eigenvalue weighted by Crippen LogP contribution is 2.28. The van der Waals surface area contributed by atoms with Gasteiger partial charge in [0, 0.05) is 36.9 Å². The number of likely N-dealkylation sites (N-methyl/N-ethyl adjacent to an activating group) is 1. The number of aromatic nitrogens is 3. The van der Waals surface area contributed by atoms with Crippen molar-refractivity contribution in [3.63, 3.8) is 0 Å². The Balaban J connectivity index is 1.61. The molecule has 1 saturated carbocycles. The lowest BCUT2D eigenvalue weighted by Crippen LogP contribution is -2.38. The Labute approximate surface area is 215 Å². The minimum atomic E-state index is -0.429. The predicted octanol–water partition coefficient (Wildman–Crippen LogP) is 5.60. The Morgan fingerprint density at radius 3 is 2.50 bits per heavy atom.